The highest BCUT2D eigenvalue weighted by molar-refractivity contribution is 5.75. The lowest BCUT2D eigenvalue weighted by molar-refractivity contribution is -0.121. The maximum absolute atomic E-state index is 11.5. The van der Waals surface area contributed by atoms with Gasteiger partial charge in [-0.2, -0.15) is 0 Å². The molecule has 0 aliphatic heterocycles. The van der Waals surface area contributed by atoms with Gasteiger partial charge in [-0.25, -0.2) is 0 Å². The third-order valence-electron chi connectivity index (χ3n) is 3.24. The van der Waals surface area contributed by atoms with E-state index in [1.165, 1.54) is 5.69 Å². The molecule has 0 fully saturated rings. The third kappa shape index (κ3) is 6.57. The monoisotopic (exact) mass is 278 g/mol. The molecule has 20 heavy (non-hydrogen) atoms. The summed E-state index contributed by atoms with van der Waals surface area (Å²) < 4.78 is 0. The summed E-state index contributed by atoms with van der Waals surface area (Å²) in [5.41, 5.74) is 1.23. The maximum atomic E-state index is 11.5. The molecule has 0 aliphatic carbocycles. The van der Waals surface area contributed by atoms with Crippen molar-refractivity contribution in [2.75, 3.05) is 31.1 Å². The number of rotatable bonds is 10. The number of hydrogen-bond acceptors (Lipinski definition) is 3. The molecule has 0 unspecified atom stereocenters. The second-order valence-electron chi connectivity index (χ2n) is 4.80. The maximum Gasteiger partial charge on any atom is 0.219 e. The lowest BCUT2D eigenvalue weighted by atomic mass is 10.2. The Morgan fingerprint density at radius 1 is 1.20 bits per heavy atom. The zero-order valence-corrected chi connectivity index (χ0v) is 12.3. The average Bonchev–Trinajstić information content (AvgIpc) is 2.48. The Morgan fingerprint density at radius 2 is 1.95 bits per heavy atom. The number of aliphatic hydroxyl groups excluding tert-OH is 1. The molecule has 0 heterocycles. The van der Waals surface area contributed by atoms with Crippen LogP contribution in [0.5, 0.6) is 0 Å². The Bertz CT molecular complexity index is 368. The van der Waals surface area contributed by atoms with Crippen LogP contribution in [0.2, 0.25) is 0 Å². The highest BCUT2D eigenvalue weighted by Gasteiger charge is 2.04. The van der Waals surface area contributed by atoms with Crippen LogP contribution in [0.1, 0.15) is 32.6 Å². The molecule has 1 amide bonds. The van der Waals surface area contributed by atoms with E-state index in [0.29, 0.717) is 19.4 Å². The van der Waals surface area contributed by atoms with Gasteiger partial charge in [0.15, 0.2) is 0 Å². The molecule has 0 saturated heterocycles. The summed E-state index contributed by atoms with van der Waals surface area (Å²) in [6.45, 7) is 4.92. The van der Waals surface area contributed by atoms with E-state index in [4.69, 9.17) is 5.11 Å². The topological polar surface area (TPSA) is 52.6 Å². The number of carbonyl (C=O) groups excluding carboxylic acids is 1. The Balaban J connectivity index is 2.17. The smallest absolute Gasteiger partial charge is 0.219 e. The molecule has 0 atom stereocenters. The van der Waals surface area contributed by atoms with Gasteiger partial charge in [-0.3, -0.25) is 4.79 Å². The molecule has 0 radical (unpaired) electrons. The average molecular weight is 278 g/mol. The highest BCUT2D eigenvalue weighted by Crippen LogP contribution is 2.12. The third-order valence-corrected chi connectivity index (χ3v) is 3.24. The number of aliphatic hydroxyl groups is 1. The molecule has 4 nitrogen and oxygen atoms in total. The molecule has 0 aromatic heterocycles. The zero-order valence-electron chi connectivity index (χ0n) is 12.3. The minimum absolute atomic E-state index is 0.0845. The molecule has 0 saturated carbocycles. The number of nitrogens with zero attached hydrogens (tertiary/aromatic N) is 1. The largest absolute Gasteiger partial charge is 0.396 e. The Kier molecular flexibility index (Phi) is 8.47. The van der Waals surface area contributed by atoms with Crippen molar-refractivity contribution >= 4 is 11.6 Å². The first-order chi connectivity index (χ1) is 9.77. The van der Waals surface area contributed by atoms with Crippen molar-refractivity contribution in [2.45, 2.75) is 32.6 Å². The number of unbranched alkanes of at least 4 members (excludes halogenated alkanes) is 1. The van der Waals surface area contributed by atoms with E-state index in [1.807, 2.05) is 18.2 Å². The summed E-state index contributed by atoms with van der Waals surface area (Å²) in [5, 5.41) is 11.6. The van der Waals surface area contributed by atoms with Crippen LogP contribution in [0, 0.1) is 0 Å². The molecule has 1 aromatic carbocycles. The standard InChI is InChI=1S/C16H26N2O2/c1-2-18(15-9-4-3-5-10-15)13-8-12-17-16(20)11-6-7-14-19/h3-5,9-10,19H,2,6-8,11-14H2,1H3,(H,17,20). The number of hydrogen-bond donors (Lipinski definition) is 2. The van der Waals surface area contributed by atoms with Crippen LogP contribution < -0.4 is 10.2 Å². The molecule has 112 valence electrons. The van der Waals surface area contributed by atoms with Gasteiger partial charge in [0.2, 0.25) is 5.91 Å². The van der Waals surface area contributed by atoms with E-state index >= 15 is 0 Å². The predicted octanol–water partition coefficient (Wildman–Crippen LogP) is 2.18. The first-order valence-electron chi connectivity index (χ1n) is 7.45. The number of anilines is 1. The molecule has 0 bridgehead atoms. The van der Waals surface area contributed by atoms with Crippen molar-refractivity contribution in [1.82, 2.24) is 5.32 Å². The van der Waals surface area contributed by atoms with Gasteiger partial charge in [-0.15, -0.1) is 0 Å². The molecular formula is C16H26N2O2. The summed E-state index contributed by atoms with van der Waals surface area (Å²) >= 11 is 0. The van der Waals surface area contributed by atoms with Crippen LogP contribution in [-0.4, -0.2) is 37.3 Å². The molecule has 1 aromatic rings. The SMILES string of the molecule is CCN(CCCNC(=O)CCCCO)c1ccccc1. The van der Waals surface area contributed by atoms with E-state index in [-0.39, 0.29) is 12.5 Å². The first-order valence-corrected chi connectivity index (χ1v) is 7.45. The van der Waals surface area contributed by atoms with E-state index in [0.717, 1.165) is 25.9 Å². The van der Waals surface area contributed by atoms with Crippen LogP contribution in [0.25, 0.3) is 0 Å². The van der Waals surface area contributed by atoms with Gasteiger partial charge in [0.1, 0.15) is 0 Å². The van der Waals surface area contributed by atoms with Gasteiger partial charge in [0.05, 0.1) is 0 Å². The molecule has 0 spiro atoms. The quantitative estimate of drug-likeness (QED) is 0.645. The first kappa shape index (κ1) is 16.5. The molecule has 4 heteroatoms. The summed E-state index contributed by atoms with van der Waals surface area (Å²) in [5.74, 6) is 0.0845. The van der Waals surface area contributed by atoms with Gasteiger partial charge in [0.25, 0.3) is 0 Å². The lowest BCUT2D eigenvalue weighted by Crippen LogP contribution is -2.29. The summed E-state index contributed by atoms with van der Waals surface area (Å²) in [6.07, 6.45) is 2.91. The number of benzene rings is 1. The van der Waals surface area contributed by atoms with Crippen LogP contribution in [-0.2, 0) is 4.79 Å². The van der Waals surface area contributed by atoms with Crippen molar-refractivity contribution < 1.29 is 9.90 Å². The second kappa shape index (κ2) is 10.3. The van der Waals surface area contributed by atoms with E-state index < -0.39 is 0 Å². The number of para-hydroxylation sites is 1. The van der Waals surface area contributed by atoms with Crippen molar-refractivity contribution in [1.29, 1.82) is 0 Å². The fourth-order valence-electron chi connectivity index (χ4n) is 2.09. The van der Waals surface area contributed by atoms with Crippen LogP contribution in [0.3, 0.4) is 0 Å². The zero-order chi connectivity index (χ0) is 14.6. The molecule has 2 N–H and O–H groups in total. The number of carbonyl (C=O) groups is 1. The Morgan fingerprint density at radius 3 is 2.60 bits per heavy atom. The molecular weight excluding hydrogens is 252 g/mol. The van der Waals surface area contributed by atoms with Gasteiger partial charge >= 0.3 is 0 Å². The minimum atomic E-state index is 0.0845. The van der Waals surface area contributed by atoms with Crippen molar-refractivity contribution in [3.63, 3.8) is 0 Å². The second-order valence-corrected chi connectivity index (χ2v) is 4.80. The van der Waals surface area contributed by atoms with Gasteiger partial charge in [0, 0.05) is 38.3 Å². The highest BCUT2D eigenvalue weighted by atomic mass is 16.2. The summed E-state index contributed by atoms with van der Waals surface area (Å²) in [7, 11) is 0. The Hall–Kier alpha value is -1.55. The minimum Gasteiger partial charge on any atom is -0.396 e. The fraction of sp³-hybridized carbons (Fsp3) is 0.562. The number of amides is 1. The predicted molar refractivity (Wildman–Crippen MR) is 82.9 cm³/mol. The van der Waals surface area contributed by atoms with Crippen LogP contribution in [0.4, 0.5) is 5.69 Å². The lowest BCUT2D eigenvalue weighted by Gasteiger charge is -2.23. The van der Waals surface area contributed by atoms with Crippen molar-refractivity contribution in [3.8, 4) is 0 Å². The van der Waals surface area contributed by atoms with Crippen molar-refractivity contribution in [2.24, 2.45) is 0 Å². The van der Waals surface area contributed by atoms with E-state index in [2.05, 4.69) is 29.3 Å². The molecule has 0 aliphatic rings. The fourth-order valence-corrected chi connectivity index (χ4v) is 2.09. The van der Waals surface area contributed by atoms with E-state index in [1.54, 1.807) is 0 Å². The van der Waals surface area contributed by atoms with Gasteiger partial charge in [-0.05, 0) is 38.3 Å². The normalized spacial score (nSPS) is 10.3. The van der Waals surface area contributed by atoms with Crippen molar-refractivity contribution in [3.05, 3.63) is 30.3 Å². The molecule has 1 rings (SSSR count). The van der Waals surface area contributed by atoms with Gasteiger partial charge in [-0.1, -0.05) is 18.2 Å². The van der Waals surface area contributed by atoms with E-state index in [9.17, 15) is 4.79 Å². The van der Waals surface area contributed by atoms with Crippen LogP contribution in [0.15, 0.2) is 30.3 Å². The summed E-state index contributed by atoms with van der Waals surface area (Å²) in [6, 6.07) is 10.3. The van der Waals surface area contributed by atoms with Crippen LogP contribution >= 0.6 is 0 Å². The Labute approximate surface area is 121 Å². The van der Waals surface area contributed by atoms with Gasteiger partial charge < -0.3 is 15.3 Å². The number of nitrogens with one attached hydrogen (secondary N) is 1. The summed E-state index contributed by atoms with van der Waals surface area (Å²) in [4.78, 5) is 13.8.